The van der Waals surface area contributed by atoms with Crippen LogP contribution in [0.5, 0.6) is 0 Å². The highest BCUT2D eigenvalue weighted by Crippen LogP contribution is 2.18. The van der Waals surface area contributed by atoms with Crippen molar-refractivity contribution in [3.8, 4) is 0 Å². The van der Waals surface area contributed by atoms with Crippen LogP contribution in [0.25, 0.3) is 0 Å². The summed E-state index contributed by atoms with van der Waals surface area (Å²) in [6.07, 6.45) is 6.71. The molecule has 0 saturated heterocycles. The first-order chi connectivity index (χ1) is 6.97. The maximum absolute atomic E-state index is 10.6. The van der Waals surface area contributed by atoms with Crippen LogP contribution in [-0.2, 0) is 10.1 Å². The maximum atomic E-state index is 10.6. The van der Waals surface area contributed by atoms with Crippen LogP contribution in [0.4, 0.5) is 0 Å². The monoisotopic (exact) mass is 235 g/mol. The molecule has 0 heterocycles. The lowest BCUT2D eigenvalue weighted by atomic mass is 9.95. The molecular weight excluding hydrogens is 214 g/mol. The van der Waals surface area contributed by atoms with Gasteiger partial charge in [-0.15, -0.1) is 0 Å². The lowest BCUT2D eigenvalue weighted by Gasteiger charge is -2.26. The Labute approximate surface area is 92.2 Å². The summed E-state index contributed by atoms with van der Waals surface area (Å²) in [5.74, 6) is -0.145. The van der Waals surface area contributed by atoms with Gasteiger partial charge >= 0.3 is 0 Å². The zero-order valence-electron chi connectivity index (χ0n) is 9.28. The highest BCUT2D eigenvalue weighted by atomic mass is 32.2. The second-order valence-electron chi connectivity index (χ2n) is 4.48. The first-order valence-electron chi connectivity index (χ1n) is 5.68. The van der Waals surface area contributed by atoms with Crippen LogP contribution < -0.4 is 5.32 Å². The van der Waals surface area contributed by atoms with Gasteiger partial charge in [-0.2, -0.15) is 8.42 Å². The lowest BCUT2D eigenvalue weighted by Crippen LogP contribution is -2.38. The normalized spacial score (nSPS) is 21.5. The molecule has 1 rings (SSSR count). The first-order valence-corrected chi connectivity index (χ1v) is 7.29. The third kappa shape index (κ3) is 6.12. The molecule has 0 radical (unpaired) electrons. The van der Waals surface area contributed by atoms with Gasteiger partial charge in [-0.05, 0) is 26.2 Å². The predicted molar refractivity (Wildman–Crippen MR) is 60.5 cm³/mol. The molecule has 0 unspecified atom stereocenters. The van der Waals surface area contributed by atoms with Crippen molar-refractivity contribution >= 4 is 10.1 Å². The van der Waals surface area contributed by atoms with Crippen molar-refractivity contribution in [1.29, 1.82) is 0 Å². The van der Waals surface area contributed by atoms with Gasteiger partial charge in [0, 0.05) is 12.1 Å². The quantitative estimate of drug-likeness (QED) is 0.710. The van der Waals surface area contributed by atoms with E-state index in [4.69, 9.17) is 4.55 Å². The third-order valence-corrected chi connectivity index (χ3v) is 3.69. The third-order valence-electron chi connectivity index (χ3n) is 2.93. The molecule has 0 aromatic heterocycles. The van der Waals surface area contributed by atoms with Crippen molar-refractivity contribution in [1.82, 2.24) is 5.32 Å². The minimum absolute atomic E-state index is 0.145. The predicted octanol–water partition coefficient (Wildman–Crippen LogP) is 1.58. The van der Waals surface area contributed by atoms with Gasteiger partial charge in [0.1, 0.15) is 0 Å². The summed E-state index contributed by atoms with van der Waals surface area (Å²) >= 11 is 0. The molecule has 1 atom stereocenters. The fraction of sp³-hybridized carbons (Fsp3) is 1.00. The van der Waals surface area contributed by atoms with Crippen LogP contribution in [0.2, 0.25) is 0 Å². The van der Waals surface area contributed by atoms with Gasteiger partial charge in [-0.3, -0.25) is 4.55 Å². The second-order valence-corrected chi connectivity index (χ2v) is 6.05. The van der Waals surface area contributed by atoms with E-state index in [1.807, 2.05) is 6.92 Å². The molecule has 90 valence electrons. The van der Waals surface area contributed by atoms with Gasteiger partial charge in [0.05, 0.1) is 5.75 Å². The van der Waals surface area contributed by atoms with E-state index < -0.39 is 10.1 Å². The minimum Gasteiger partial charge on any atom is -0.311 e. The zero-order chi connectivity index (χ0) is 11.3. The summed E-state index contributed by atoms with van der Waals surface area (Å²) in [6.45, 7) is 1.97. The largest absolute Gasteiger partial charge is 0.311 e. The molecule has 0 aromatic carbocycles. The smallest absolute Gasteiger partial charge is 0.264 e. The molecule has 0 aliphatic heterocycles. The molecule has 15 heavy (non-hydrogen) atoms. The van der Waals surface area contributed by atoms with Gasteiger partial charge in [0.25, 0.3) is 10.1 Å². The Morgan fingerprint density at radius 1 is 1.33 bits per heavy atom. The van der Waals surface area contributed by atoms with Crippen LogP contribution in [-0.4, -0.2) is 30.8 Å². The molecule has 0 amide bonds. The van der Waals surface area contributed by atoms with E-state index in [1.54, 1.807) is 0 Å². The molecule has 1 aliphatic carbocycles. The first kappa shape index (κ1) is 12.9. The molecule has 4 nitrogen and oxygen atoms in total. The standard InChI is InChI=1S/C10H21NO3S/c1-9(7-8-15(12,13)14)11-10-5-3-2-4-6-10/h9-11H,2-8H2,1H3,(H,12,13,14)/t9-/m0/s1. The Morgan fingerprint density at radius 2 is 1.93 bits per heavy atom. The van der Waals surface area contributed by atoms with E-state index in [2.05, 4.69) is 5.32 Å². The Hall–Kier alpha value is -0.130. The number of nitrogens with one attached hydrogen (secondary N) is 1. The Kier molecular flexibility index (Phi) is 5.02. The summed E-state index contributed by atoms with van der Waals surface area (Å²) in [7, 11) is -3.80. The van der Waals surface area contributed by atoms with Gasteiger partial charge < -0.3 is 5.32 Å². The second kappa shape index (κ2) is 5.82. The Morgan fingerprint density at radius 3 is 2.47 bits per heavy atom. The fourth-order valence-corrected chi connectivity index (χ4v) is 2.73. The van der Waals surface area contributed by atoms with Gasteiger partial charge in [0.2, 0.25) is 0 Å². The Balaban J connectivity index is 2.20. The van der Waals surface area contributed by atoms with Crippen molar-refractivity contribution in [3.05, 3.63) is 0 Å². The molecule has 5 heteroatoms. The van der Waals surface area contributed by atoms with Crippen LogP contribution in [0.3, 0.4) is 0 Å². The highest BCUT2D eigenvalue weighted by Gasteiger charge is 2.16. The van der Waals surface area contributed by atoms with Gasteiger partial charge in [-0.1, -0.05) is 19.3 Å². The van der Waals surface area contributed by atoms with E-state index in [-0.39, 0.29) is 11.8 Å². The summed E-state index contributed by atoms with van der Waals surface area (Å²) in [5, 5.41) is 3.42. The minimum atomic E-state index is -3.80. The molecule has 1 aliphatic rings. The maximum Gasteiger partial charge on any atom is 0.264 e. The van der Waals surface area contributed by atoms with E-state index in [0.717, 1.165) is 0 Å². The molecule has 2 N–H and O–H groups in total. The fourth-order valence-electron chi connectivity index (χ4n) is 2.08. The van der Waals surface area contributed by atoms with Crippen LogP contribution in [0.15, 0.2) is 0 Å². The number of hydrogen-bond acceptors (Lipinski definition) is 3. The van der Waals surface area contributed by atoms with E-state index in [1.165, 1.54) is 32.1 Å². The molecule has 0 bridgehead atoms. The van der Waals surface area contributed by atoms with Crippen molar-refractivity contribution in [2.75, 3.05) is 5.75 Å². The highest BCUT2D eigenvalue weighted by molar-refractivity contribution is 7.85. The topological polar surface area (TPSA) is 66.4 Å². The SMILES string of the molecule is C[C@@H](CCS(=O)(=O)O)NC1CCCCC1. The zero-order valence-corrected chi connectivity index (χ0v) is 10.1. The summed E-state index contributed by atoms with van der Waals surface area (Å²) in [5.41, 5.74) is 0. The van der Waals surface area contributed by atoms with Gasteiger partial charge in [-0.25, -0.2) is 0 Å². The van der Waals surface area contributed by atoms with Crippen molar-refractivity contribution in [2.45, 2.75) is 57.5 Å². The summed E-state index contributed by atoms with van der Waals surface area (Å²) in [6, 6.07) is 0.699. The number of hydrogen-bond donors (Lipinski definition) is 2. The summed E-state index contributed by atoms with van der Waals surface area (Å²) < 4.78 is 29.7. The average molecular weight is 235 g/mol. The van der Waals surface area contributed by atoms with E-state index in [9.17, 15) is 8.42 Å². The molecule has 0 spiro atoms. The summed E-state index contributed by atoms with van der Waals surface area (Å²) in [4.78, 5) is 0. The van der Waals surface area contributed by atoms with E-state index >= 15 is 0 Å². The molecule has 1 saturated carbocycles. The molecule has 0 aromatic rings. The van der Waals surface area contributed by atoms with Crippen LogP contribution >= 0.6 is 0 Å². The van der Waals surface area contributed by atoms with E-state index in [0.29, 0.717) is 12.5 Å². The van der Waals surface area contributed by atoms with Crippen molar-refractivity contribution in [2.24, 2.45) is 0 Å². The van der Waals surface area contributed by atoms with Crippen molar-refractivity contribution < 1.29 is 13.0 Å². The average Bonchev–Trinajstić information content (AvgIpc) is 2.15. The lowest BCUT2D eigenvalue weighted by molar-refractivity contribution is 0.339. The van der Waals surface area contributed by atoms with Gasteiger partial charge in [0.15, 0.2) is 0 Å². The van der Waals surface area contributed by atoms with Crippen LogP contribution in [0, 0.1) is 0 Å². The Bertz CT molecular complexity index is 270. The van der Waals surface area contributed by atoms with Crippen LogP contribution in [0.1, 0.15) is 45.4 Å². The molecule has 1 fully saturated rings. The molecular formula is C10H21NO3S. The number of rotatable bonds is 5. The van der Waals surface area contributed by atoms with Crippen molar-refractivity contribution in [3.63, 3.8) is 0 Å².